The second-order valence-corrected chi connectivity index (χ2v) is 12.5. The zero-order valence-corrected chi connectivity index (χ0v) is 28.9. The molecule has 0 bridgehead atoms. The Morgan fingerprint density at radius 3 is 2.60 bits per heavy atom. The van der Waals surface area contributed by atoms with Crippen LogP contribution >= 0.6 is 11.9 Å². The molecular formula is C35H41N7O5S. The molecule has 2 aromatic carbocycles. The molecule has 48 heavy (non-hydrogen) atoms. The molecule has 13 heteroatoms. The molecule has 2 N–H and O–H groups in total. The number of hydrogen-bond acceptors (Lipinski definition) is 10. The summed E-state index contributed by atoms with van der Waals surface area (Å²) in [7, 11) is 1.75. The zero-order chi connectivity index (χ0) is 34.4. The summed E-state index contributed by atoms with van der Waals surface area (Å²) in [6.07, 6.45) is 5.59. The smallest absolute Gasteiger partial charge is 0.266 e. The van der Waals surface area contributed by atoms with Crippen LogP contribution in [0.1, 0.15) is 71.0 Å². The number of carbonyl (C=O) groups excluding carboxylic acids is 1. The predicted octanol–water partition coefficient (Wildman–Crippen LogP) is 6.64. The Kier molecular flexibility index (Phi) is 11.1. The van der Waals surface area contributed by atoms with E-state index in [1.54, 1.807) is 36.3 Å². The molecule has 5 rings (SSSR count). The molecule has 0 saturated carbocycles. The normalized spacial score (nSPS) is 11.2. The van der Waals surface area contributed by atoms with E-state index in [1.807, 2.05) is 56.3 Å². The predicted molar refractivity (Wildman–Crippen MR) is 185 cm³/mol. The van der Waals surface area contributed by atoms with Gasteiger partial charge in [0.15, 0.2) is 0 Å². The van der Waals surface area contributed by atoms with Crippen LogP contribution in [-0.2, 0) is 31.4 Å². The van der Waals surface area contributed by atoms with E-state index in [4.69, 9.17) is 14.2 Å². The molecule has 0 aliphatic heterocycles. The summed E-state index contributed by atoms with van der Waals surface area (Å²) in [4.78, 5) is 32.9. The number of aromatic nitrogens is 5. The lowest BCUT2D eigenvalue weighted by Crippen LogP contribution is -2.34. The number of ether oxygens (including phenoxy) is 1. The first-order valence-electron chi connectivity index (χ1n) is 15.9. The Labute approximate surface area is 283 Å². The Balaban J connectivity index is 1.51. The number of hydrogen-bond donors (Lipinski definition) is 2. The molecule has 5 aromatic rings. The quantitative estimate of drug-likeness (QED) is 0.0975. The molecule has 0 atom stereocenters. The monoisotopic (exact) mass is 671 g/mol. The van der Waals surface area contributed by atoms with Gasteiger partial charge in [-0.3, -0.25) is 24.0 Å². The van der Waals surface area contributed by atoms with Crippen molar-refractivity contribution in [2.45, 2.75) is 71.9 Å². The summed E-state index contributed by atoms with van der Waals surface area (Å²) in [6, 6.07) is 13.8. The second kappa shape index (κ2) is 15.5. The summed E-state index contributed by atoms with van der Waals surface area (Å²) in [5.74, 6) is 1.08. The van der Waals surface area contributed by atoms with Gasteiger partial charge in [0.1, 0.15) is 17.1 Å². The maximum atomic E-state index is 14.0. The largest absolute Gasteiger partial charge is 0.377 e. The number of nitrogens with zero attached hydrogens (tertiary/aromatic N) is 6. The molecule has 12 nitrogen and oxygen atoms in total. The van der Waals surface area contributed by atoms with Gasteiger partial charge in [-0.1, -0.05) is 54.9 Å². The van der Waals surface area contributed by atoms with Gasteiger partial charge in [-0.05, 0) is 62.4 Å². The Morgan fingerprint density at radius 2 is 1.92 bits per heavy atom. The number of aryl methyl sites for hydroxylation is 4. The van der Waals surface area contributed by atoms with Crippen molar-refractivity contribution in [2.24, 2.45) is 7.05 Å². The molecule has 0 aliphatic carbocycles. The van der Waals surface area contributed by atoms with Crippen LogP contribution in [0, 0.1) is 20.8 Å². The average molecular weight is 672 g/mol. The van der Waals surface area contributed by atoms with Gasteiger partial charge in [-0.2, -0.15) is 9.57 Å². The van der Waals surface area contributed by atoms with Crippen molar-refractivity contribution in [1.82, 2.24) is 24.5 Å². The van der Waals surface area contributed by atoms with E-state index in [2.05, 4.69) is 22.5 Å². The topological polar surface area (TPSA) is 141 Å². The van der Waals surface area contributed by atoms with E-state index in [0.717, 1.165) is 62.0 Å². The van der Waals surface area contributed by atoms with E-state index in [-0.39, 0.29) is 12.1 Å². The number of benzene rings is 2. The first kappa shape index (κ1) is 34.6. The molecule has 0 aliphatic rings. The highest BCUT2D eigenvalue weighted by Crippen LogP contribution is 2.38. The maximum absolute atomic E-state index is 14.0. The van der Waals surface area contributed by atoms with Crippen LogP contribution in [0.4, 0.5) is 11.5 Å². The van der Waals surface area contributed by atoms with Crippen LogP contribution in [0.25, 0.3) is 11.1 Å². The van der Waals surface area contributed by atoms with Crippen LogP contribution < -0.4 is 15.3 Å². The minimum absolute atomic E-state index is 0.00214. The van der Waals surface area contributed by atoms with Gasteiger partial charge in [0.05, 0.1) is 30.7 Å². The molecule has 0 unspecified atom stereocenters. The molecule has 3 aromatic heterocycles. The lowest BCUT2D eigenvalue weighted by Gasteiger charge is -2.19. The highest BCUT2D eigenvalue weighted by atomic mass is 32.2. The van der Waals surface area contributed by atoms with Gasteiger partial charge in [0, 0.05) is 48.7 Å². The fraction of sp³-hybridized carbons (Fsp3) is 0.343. The van der Waals surface area contributed by atoms with Crippen molar-refractivity contribution in [3.8, 4) is 11.1 Å². The fourth-order valence-corrected chi connectivity index (χ4v) is 6.22. The molecule has 252 valence electrons. The number of carbonyl (C=O) groups is 1. The third kappa shape index (κ3) is 7.70. The number of rotatable bonds is 14. The van der Waals surface area contributed by atoms with Crippen LogP contribution in [0.2, 0.25) is 0 Å². The van der Waals surface area contributed by atoms with Gasteiger partial charge < -0.3 is 14.6 Å². The Morgan fingerprint density at radius 1 is 1.12 bits per heavy atom. The van der Waals surface area contributed by atoms with Gasteiger partial charge in [-0.15, -0.1) is 0 Å². The molecule has 1 amide bonds. The molecule has 0 saturated heterocycles. The summed E-state index contributed by atoms with van der Waals surface area (Å²) in [5, 5.41) is 21.8. The number of nitrogens with one attached hydrogen (secondary N) is 1. The van der Waals surface area contributed by atoms with Gasteiger partial charge in [0.25, 0.3) is 11.5 Å². The van der Waals surface area contributed by atoms with Gasteiger partial charge in [0.2, 0.25) is 5.82 Å². The van der Waals surface area contributed by atoms with Crippen LogP contribution in [-0.4, -0.2) is 42.2 Å². The van der Waals surface area contributed by atoms with Crippen LogP contribution in [0.15, 0.2) is 69.1 Å². The lowest BCUT2D eigenvalue weighted by atomic mass is 9.97. The highest BCUT2D eigenvalue weighted by Gasteiger charge is 2.22. The summed E-state index contributed by atoms with van der Waals surface area (Å²) >= 11 is 1.13. The first-order valence-corrected chi connectivity index (χ1v) is 16.7. The van der Waals surface area contributed by atoms with E-state index in [0.29, 0.717) is 48.4 Å². The van der Waals surface area contributed by atoms with Crippen molar-refractivity contribution in [3.63, 3.8) is 0 Å². The van der Waals surface area contributed by atoms with Crippen LogP contribution in [0.3, 0.4) is 0 Å². The third-order valence-electron chi connectivity index (χ3n) is 8.02. The summed E-state index contributed by atoms with van der Waals surface area (Å²) in [6.45, 7) is 10.4. The maximum Gasteiger partial charge on any atom is 0.266 e. The van der Waals surface area contributed by atoms with Crippen molar-refractivity contribution in [1.29, 1.82) is 0 Å². The second-order valence-electron chi connectivity index (χ2n) is 11.5. The van der Waals surface area contributed by atoms with E-state index < -0.39 is 11.5 Å². The van der Waals surface area contributed by atoms with Crippen molar-refractivity contribution in [3.05, 3.63) is 105 Å². The zero-order valence-electron chi connectivity index (χ0n) is 28.1. The van der Waals surface area contributed by atoms with E-state index >= 15 is 0 Å². The average Bonchev–Trinajstić information content (AvgIpc) is 3.63. The summed E-state index contributed by atoms with van der Waals surface area (Å²) in [5.41, 5.74) is 4.84. The first-order chi connectivity index (χ1) is 23.1. The Hall–Kier alpha value is -4.72. The van der Waals surface area contributed by atoms with Crippen LogP contribution in [0.5, 0.6) is 0 Å². The standard InChI is InChI=1S/C35H41N7O5S/c1-7-9-14-31-37-23(4)32(34(43)38-27-18-36-40(6)20-27)35(44)41(31)19-25-15-16-28(26(17-25)21-46-8-2)29-12-10-11-13-30(29)48-42(45)33-22(3)24(5)47-39-33/h10-13,15-18,20,45H,7-9,14,19,21H2,1-6H3,(H,38,43). The van der Waals surface area contributed by atoms with Gasteiger partial charge >= 0.3 is 0 Å². The van der Waals surface area contributed by atoms with Gasteiger partial charge in [-0.25, -0.2) is 4.98 Å². The minimum Gasteiger partial charge on any atom is -0.377 e. The van der Waals surface area contributed by atoms with Crippen molar-refractivity contribution >= 4 is 29.4 Å². The molecule has 0 spiro atoms. The minimum atomic E-state index is -0.524. The molecule has 3 heterocycles. The molecule has 0 fully saturated rings. The lowest BCUT2D eigenvalue weighted by molar-refractivity contribution is 0.102. The fourth-order valence-electron chi connectivity index (χ4n) is 5.36. The van der Waals surface area contributed by atoms with Crippen molar-refractivity contribution in [2.75, 3.05) is 16.4 Å². The highest BCUT2D eigenvalue weighted by molar-refractivity contribution is 8.00. The van der Waals surface area contributed by atoms with E-state index in [1.165, 1.54) is 6.20 Å². The van der Waals surface area contributed by atoms with Crippen molar-refractivity contribution < 1.29 is 19.3 Å². The number of unbranched alkanes of at least 4 members (excludes halogenated alkanes) is 1. The number of anilines is 2. The summed E-state index contributed by atoms with van der Waals surface area (Å²) < 4.78 is 15.3. The van der Waals surface area contributed by atoms with E-state index in [9.17, 15) is 14.8 Å². The molecule has 0 radical (unpaired) electrons. The SMILES string of the molecule is CCCCc1nc(C)c(C(=O)Nc2cnn(C)c2)c(=O)n1Cc1ccc(-c2ccccc2SN(O)c2noc(C)c2C)c(COCC)c1. The Bertz CT molecular complexity index is 1970. The third-order valence-corrected chi connectivity index (χ3v) is 8.92. The molecular weight excluding hydrogens is 630 g/mol. The number of amides is 1.